The molecule has 0 amide bonds. The van der Waals surface area contributed by atoms with Crippen molar-refractivity contribution in [2.75, 3.05) is 25.2 Å². The van der Waals surface area contributed by atoms with Gasteiger partial charge in [-0.15, -0.1) is 0 Å². The van der Waals surface area contributed by atoms with E-state index in [1.807, 2.05) is 7.05 Å². The van der Waals surface area contributed by atoms with Gasteiger partial charge < -0.3 is 10.6 Å². The zero-order valence-corrected chi connectivity index (χ0v) is 11.6. The summed E-state index contributed by atoms with van der Waals surface area (Å²) in [5.41, 5.74) is 0.833. The number of sulfone groups is 1. The summed E-state index contributed by atoms with van der Waals surface area (Å²) in [7, 11) is -1.21. The predicted octanol–water partition coefficient (Wildman–Crippen LogP) is 1.50. The van der Waals surface area contributed by atoms with Crippen LogP contribution in [0.25, 0.3) is 0 Å². The second-order valence-corrected chi connectivity index (χ2v) is 6.85. The maximum Gasteiger partial charge on any atom is 0.175 e. The number of likely N-dealkylation sites (N-methyl/N-ethyl adjacent to an activating group) is 1. The normalized spacial score (nSPS) is 12.5. The highest BCUT2D eigenvalue weighted by atomic mass is 32.2. The van der Waals surface area contributed by atoms with Crippen molar-refractivity contribution < 1.29 is 8.42 Å². The second kappa shape index (κ2) is 5.06. The Bertz CT molecular complexity index is 464. The topological polar surface area (TPSA) is 58.2 Å². The first-order chi connectivity index (χ1) is 7.74. The molecule has 0 aliphatic rings. The number of rotatable bonds is 5. The third-order valence-electron chi connectivity index (χ3n) is 2.38. The molecule has 0 aliphatic carbocycles. The molecule has 0 heterocycles. The molecule has 0 aliphatic heterocycles. The Morgan fingerprint density at radius 1 is 1.18 bits per heavy atom. The average Bonchev–Trinajstić information content (AvgIpc) is 2.16. The van der Waals surface area contributed by atoms with Crippen molar-refractivity contribution in [3.8, 4) is 0 Å². The third kappa shape index (κ3) is 4.36. The van der Waals surface area contributed by atoms with Gasteiger partial charge in [-0.2, -0.15) is 0 Å². The van der Waals surface area contributed by atoms with Crippen LogP contribution in [-0.2, 0) is 9.84 Å². The summed E-state index contributed by atoms with van der Waals surface area (Å²) in [5.74, 6) is 0. The average molecular weight is 256 g/mol. The van der Waals surface area contributed by atoms with E-state index in [1.165, 1.54) is 6.26 Å². The van der Waals surface area contributed by atoms with Gasteiger partial charge in [0.15, 0.2) is 9.84 Å². The maximum atomic E-state index is 11.3. The molecule has 0 bridgehead atoms. The minimum absolute atomic E-state index is 0.0820. The second-order valence-electron chi connectivity index (χ2n) is 4.84. The molecule has 0 spiro atoms. The summed E-state index contributed by atoms with van der Waals surface area (Å²) in [5, 5.41) is 6.45. The summed E-state index contributed by atoms with van der Waals surface area (Å²) >= 11 is 0. The van der Waals surface area contributed by atoms with E-state index in [0.29, 0.717) is 4.90 Å². The molecule has 0 aromatic heterocycles. The molecular weight excluding hydrogens is 236 g/mol. The van der Waals surface area contributed by atoms with Gasteiger partial charge in [0.25, 0.3) is 0 Å². The molecule has 1 aromatic carbocycles. The summed E-state index contributed by atoms with van der Waals surface area (Å²) in [6, 6.07) is 6.81. The lowest BCUT2D eigenvalue weighted by Crippen LogP contribution is -2.40. The Morgan fingerprint density at radius 2 is 1.71 bits per heavy atom. The molecule has 17 heavy (non-hydrogen) atoms. The molecule has 0 saturated heterocycles. The fraction of sp³-hybridized carbons (Fsp3) is 0.500. The zero-order valence-electron chi connectivity index (χ0n) is 10.7. The highest BCUT2D eigenvalue weighted by molar-refractivity contribution is 7.90. The van der Waals surface area contributed by atoms with Gasteiger partial charge in [0.05, 0.1) is 4.90 Å². The summed E-state index contributed by atoms with van der Waals surface area (Å²) in [4.78, 5) is 0.342. The van der Waals surface area contributed by atoms with Gasteiger partial charge in [-0.05, 0) is 45.2 Å². The Morgan fingerprint density at radius 3 is 2.12 bits per heavy atom. The number of hydrogen-bond donors (Lipinski definition) is 2. The molecule has 0 fully saturated rings. The molecule has 5 heteroatoms. The summed E-state index contributed by atoms with van der Waals surface area (Å²) in [6.07, 6.45) is 1.21. The fourth-order valence-corrected chi connectivity index (χ4v) is 2.29. The lowest BCUT2D eigenvalue weighted by molar-refractivity contribution is 0.530. The number of benzene rings is 1. The van der Waals surface area contributed by atoms with E-state index in [0.717, 1.165) is 12.2 Å². The molecule has 1 aromatic rings. The lowest BCUT2D eigenvalue weighted by atomic mass is 10.1. The van der Waals surface area contributed by atoms with E-state index in [9.17, 15) is 8.42 Å². The molecule has 0 unspecified atom stereocenters. The molecule has 4 nitrogen and oxygen atoms in total. The Kier molecular flexibility index (Phi) is 4.16. The molecular formula is C12H20N2O2S. The van der Waals surface area contributed by atoms with Crippen LogP contribution in [0.5, 0.6) is 0 Å². The Labute approximate surface area is 103 Å². The van der Waals surface area contributed by atoms with Gasteiger partial charge in [-0.25, -0.2) is 8.42 Å². The van der Waals surface area contributed by atoms with E-state index in [-0.39, 0.29) is 5.54 Å². The first-order valence-corrected chi connectivity index (χ1v) is 7.37. The van der Waals surface area contributed by atoms with E-state index in [4.69, 9.17) is 0 Å². The highest BCUT2D eigenvalue weighted by Gasteiger charge is 2.16. The van der Waals surface area contributed by atoms with E-state index in [1.54, 1.807) is 24.3 Å². The van der Waals surface area contributed by atoms with Crippen LogP contribution < -0.4 is 10.6 Å². The van der Waals surface area contributed by atoms with Crippen LogP contribution >= 0.6 is 0 Å². The van der Waals surface area contributed by atoms with Crippen LogP contribution in [0.1, 0.15) is 13.8 Å². The predicted molar refractivity (Wildman–Crippen MR) is 71.2 cm³/mol. The van der Waals surface area contributed by atoms with Gasteiger partial charge >= 0.3 is 0 Å². The van der Waals surface area contributed by atoms with E-state index >= 15 is 0 Å². The molecule has 0 saturated carbocycles. The van der Waals surface area contributed by atoms with Gasteiger partial charge in [0.2, 0.25) is 0 Å². The van der Waals surface area contributed by atoms with Gasteiger partial charge in [0.1, 0.15) is 0 Å². The van der Waals surface area contributed by atoms with Crippen LogP contribution in [0.3, 0.4) is 0 Å². The number of hydrogen-bond acceptors (Lipinski definition) is 4. The first-order valence-electron chi connectivity index (χ1n) is 5.47. The SMILES string of the molecule is CNCC(C)(C)Nc1ccc(S(C)(=O)=O)cc1. The van der Waals surface area contributed by atoms with Crippen molar-refractivity contribution in [2.45, 2.75) is 24.3 Å². The zero-order chi connectivity index (χ0) is 13.1. The molecule has 0 atom stereocenters. The standard InChI is InChI=1S/C12H20N2O2S/c1-12(2,9-13-3)14-10-5-7-11(8-6-10)17(4,15)16/h5-8,13-14H,9H2,1-4H3. The van der Waals surface area contributed by atoms with Crippen LogP contribution in [0, 0.1) is 0 Å². The minimum atomic E-state index is -3.11. The Hall–Kier alpha value is -1.07. The van der Waals surface area contributed by atoms with Gasteiger partial charge in [-0.1, -0.05) is 0 Å². The minimum Gasteiger partial charge on any atom is -0.379 e. The van der Waals surface area contributed by atoms with Gasteiger partial charge in [-0.3, -0.25) is 0 Å². The monoisotopic (exact) mass is 256 g/mol. The molecule has 0 radical (unpaired) electrons. The van der Waals surface area contributed by atoms with E-state index < -0.39 is 9.84 Å². The highest BCUT2D eigenvalue weighted by Crippen LogP contribution is 2.17. The van der Waals surface area contributed by atoms with Crippen LogP contribution in [0.2, 0.25) is 0 Å². The lowest BCUT2D eigenvalue weighted by Gasteiger charge is -2.27. The molecule has 2 N–H and O–H groups in total. The maximum absolute atomic E-state index is 11.3. The smallest absolute Gasteiger partial charge is 0.175 e. The quantitative estimate of drug-likeness (QED) is 0.838. The third-order valence-corrected chi connectivity index (χ3v) is 3.51. The van der Waals surface area contributed by atoms with Crippen LogP contribution in [0.4, 0.5) is 5.69 Å². The van der Waals surface area contributed by atoms with Crippen molar-refractivity contribution in [3.05, 3.63) is 24.3 Å². The van der Waals surface area contributed by atoms with Crippen molar-refractivity contribution in [1.29, 1.82) is 0 Å². The summed E-state index contributed by atoms with van der Waals surface area (Å²) < 4.78 is 22.6. The van der Waals surface area contributed by atoms with Crippen molar-refractivity contribution >= 4 is 15.5 Å². The van der Waals surface area contributed by atoms with Crippen molar-refractivity contribution in [2.24, 2.45) is 0 Å². The summed E-state index contributed by atoms with van der Waals surface area (Å²) in [6.45, 7) is 4.97. The fourth-order valence-electron chi connectivity index (χ4n) is 1.66. The molecule has 96 valence electrons. The van der Waals surface area contributed by atoms with Crippen LogP contribution in [0.15, 0.2) is 29.2 Å². The molecule has 1 rings (SSSR count). The Balaban J connectivity index is 2.82. The first kappa shape index (κ1) is 14.0. The van der Waals surface area contributed by atoms with E-state index in [2.05, 4.69) is 24.5 Å². The number of nitrogens with one attached hydrogen (secondary N) is 2. The van der Waals surface area contributed by atoms with Crippen molar-refractivity contribution in [3.63, 3.8) is 0 Å². The van der Waals surface area contributed by atoms with Crippen LogP contribution in [-0.4, -0.2) is 33.8 Å². The number of anilines is 1. The van der Waals surface area contributed by atoms with Gasteiger partial charge in [0, 0.05) is 24.0 Å². The largest absolute Gasteiger partial charge is 0.379 e. The van der Waals surface area contributed by atoms with Crippen molar-refractivity contribution in [1.82, 2.24) is 5.32 Å².